The zero-order valence-corrected chi connectivity index (χ0v) is 12.5. The summed E-state index contributed by atoms with van der Waals surface area (Å²) in [5.74, 6) is 0. The van der Waals surface area contributed by atoms with Crippen molar-refractivity contribution in [2.75, 3.05) is 18.4 Å². The maximum atomic E-state index is 10.9. The van der Waals surface area contributed by atoms with Crippen molar-refractivity contribution in [1.82, 2.24) is 5.32 Å². The molecule has 1 unspecified atom stereocenters. The van der Waals surface area contributed by atoms with Crippen LogP contribution in [-0.4, -0.2) is 18.0 Å². The van der Waals surface area contributed by atoms with Crippen LogP contribution in [0.5, 0.6) is 0 Å². The Bertz CT molecular complexity index is 700. The molecular weight excluding hydrogens is 278 g/mol. The summed E-state index contributed by atoms with van der Waals surface area (Å²) in [5, 5.41) is 17.7. The third-order valence-electron chi connectivity index (χ3n) is 4.12. The van der Waals surface area contributed by atoms with E-state index in [1.54, 1.807) is 19.1 Å². The molecule has 0 aliphatic carbocycles. The zero-order valence-electron chi connectivity index (χ0n) is 12.5. The van der Waals surface area contributed by atoms with Crippen molar-refractivity contribution in [1.29, 1.82) is 0 Å². The number of nitro groups is 1. The lowest BCUT2D eigenvalue weighted by Crippen LogP contribution is -2.34. The molecule has 3 rings (SSSR count). The lowest BCUT2D eigenvalue weighted by molar-refractivity contribution is -0.385. The van der Waals surface area contributed by atoms with Gasteiger partial charge in [0, 0.05) is 29.9 Å². The molecule has 2 aromatic rings. The van der Waals surface area contributed by atoms with Gasteiger partial charge in [-0.2, -0.15) is 0 Å². The lowest BCUT2D eigenvalue weighted by Gasteiger charge is -2.27. The Morgan fingerprint density at radius 2 is 2.14 bits per heavy atom. The first-order chi connectivity index (χ1) is 10.6. The fraction of sp³-hybridized carbons (Fsp3) is 0.294. The van der Waals surface area contributed by atoms with E-state index in [2.05, 4.69) is 34.9 Å². The summed E-state index contributed by atoms with van der Waals surface area (Å²) in [7, 11) is 0. The van der Waals surface area contributed by atoms with Gasteiger partial charge in [0.1, 0.15) is 0 Å². The molecule has 0 fully saturated rings. The lowest BCUT2D eigenvalue weighted by atomic mass is 9.94. The van der Waals surface area contributed by atoms with Gasteiger partial charge in [-0.25, -0.2) is 0 Å². The third-order valence-corrected chi connectivity index (χ3v) is 4.12. The van der Waals surface area contributed by atoms with Gasteiger partial charge in [0.15, 0.2) is 0 Å². The first kappa shape index (κ1) is 14.5. The second-order valence-corrected chi connectivity index (χ2v) is 5.59. The van der Waals surface area contributed by atoms with E-state index >= 15 is 0 Å². The average molecular weight is 297 g/mol. The fourth-order valence-electron chi connectivity index (χ4n) is 2.97. The molecular formula is C17H19N3O2. The van der Waals surface area contributed by atoms with Crippen LogP contribution in [0.25, 0.3) is 0 Å². The van der Waals surface area contributed by atoms with E-state index in [0.717, 1.165) is 25.2 Å². The van der Waals surface area contributed by atoms with E-state index in [1.807, 2.05) is 6.07 Å². The SMILES string of the molecule is Cc1cc(NCC2NCCc3ccccc32)ccc1[N+](=O)[O-]. The highest BCUT2D eigenvalue weighted by atomic mass is 16.6. The van der Waals surface area contributed by atoms with Crippen molar-refractivity contribution in [3.05, 3.63) is 69.3 Å². The van der Waals surface area contributed by atoms with Gasteiger partial charge < -0.3 is 10.6 Å². The van der Waals surface area contributed by atoms with Crippen LogP contribution in [-0.2, 0) is 6.42 Å². The first-order valence-electron chi connectivity index (χ1n) is 7.45. The van der Waals surface area contributed by atoms with Crippen molar-refractivity contribution in [2.45, 2.75) is 19.4 Å². The Hall–Kier alpha value is -2.40. The monoisotopic (exact) mass is 297 g/mol. The highest BCUT2D eigenvalue weighted by Crippen LogP contribution is 2.25. The standard InChI is InChI=1S/C17H19N3O2/c1-12-10-14(6-7-17(12)20(21)22)19-11-16-15-5-3-2-4-13(15)8-9-18-16/h2-7,10,16,18-19H,8-9,11H2,1H3. The Balaban J connectivity index is 1.71. The molecule has 5 nitrogen and oxygen atoms in total. The van der Waals surface area contributed by atoms with E-state index in [9.17, 15) is 10.1 Å². The number of hydrogen-bond donors (Lipinski definition) is 2. The molecule has 0 saturated heterocycles. The molecule has 1 aliphatic rings. The molecule has 1 heterocycles. The minimum Gasteiger partial charge on any atom is -0.383 e. The summed E-state index contributed by atoms with van der Waals surface area (Å²) in [6.07, 6.45) is 1.06. The minimum atomic E-state index is -0.349. The predicted octanol–water partition coefficient (Wildman–Crippen LogP) is 3.20. The van der Waals surface area contributed by atoms with Crippen molar-refractivity contribution in [2.24, 2.45) is 0 Å². The Kier molecular flexibility index (Phi) is 4.06. The molecule has 114 valence electrons. The van der Waals surface area contributed by atoms with Crippen LogP contribution in [0.3, 0.4) is 0 Å². The van der Waals surface area contributed by atoms with Crippen molar-refractivity contribution in [3.8, 4) is 0 Å². The summed E-state index contributed by atoms with van der Waals surface area (Å²) in [6, 6.07) is 13.9. The Labute approximate surface area is 129 Å². The number of hydrogen-bond acceptors (Lipinski definition) is 4. The molecule has 0 spiro atoms. The van der Waals surface area contributed by atoms with E-state index in [4.69, 9.17) is 0 Å². The van der Waals surface area contributed by atoms with Crippen molar-refractivity contribution < 1.29 is 4.92 Å². The highest BCUT2D eigenvalue weighted by Gasteiger charge is 2.19. The first-order valence-corrected chi connectivity index (χ1v) is 7.45. The van der Waals surface area contributed by atoms with Crippen LogP contribution in [0.1, 0.15) is 22.7 Å². The molecule has 0 amide bonds. The largest absolute Gasteiger partial charge is 0.383 e. The van der Waals surface area contributed by atoms with E-state index in [0.29, 0.717) is 5.56 Å². The summed E-state index contributed by atoms with van der Waals surface area (Å²) in [6.45, 7) is 3.49. The van der Waals surface area contributed by atoms with Gasteiger partial charge in [0.2, 0.25) is 0 Å². The average Bonchev–Trinajstić information content (AvgIpc) is 2.52. The normalized spacial score (nSPS) is 16.9. The molecule has 0 saturated carbocycles. The second kappa shape index (κ2) is 6.15. The van der Waals surface area contributed by atoms with Gasteiger partial charge in [0.05, 0.1) is 4.92 Å². The number of rotatable bonds is 4. The molecule has 0 radical (unpaired) electrons. The number of aryl methyl sites for hydroxylation is 1. The van der Waals surface area contributed by atoms with Crippen LogP contribution in [0, 0.1) is 17.0 Å². The van der Waals surface area contributed by atoms with E-state index in [1.165, 1.54) is 11.1 Å². The van der Waals surface area contributed by atoms with Gasteiger partial charge in [0.25, 0.3) is 5.69 Å². The molecule has 2 aromatic carbocycles. The highest BCUT2D eigenvalue weighted by molar-refractivity contribution is 5.53. The molecule has 0 aromatic heterocycles. The fourth-order valence-corrected chi connectivity index (χ4v) is 2.97. The summed E-state index contributed by atoms with van der Waals surface area (Å²) >= 11 is 0. The quantitative estimate of drug-likeness (QED) is 0.672. The molecule has 2 N–H and O–H groups in total. The smallest absolute Gasteiger partial charge is 0.272 e. The summed E-state index contributed by atoms with van der Waals surface area (Å²) in [4.78, 5) is 10.5. The second-order valence-electron chi connectivity index (χ2n) is 5.59. The van der Waals surface area contributed by atoms with Gasteiger partial charge in [-0.05, 0) is 43.1 Å². The van der Waals surface area contributed by atoms with E-state index < -0.39 is 0 Å². The van der Waals surface area contributed by atoms with Gasteiger partial charge in [-0.3, -0.25) is 10.1 Å². The van der Waals surface area contributed by atoms with Crippen LogP contribution in [0.15, 0.2) is 42.5 Å². The number of nitro benzene ring substituents is 1. The van der Waals surface area contributed by atoms with E-state index in [-0.39, 0.29) is 16.7 Å². The summed E-state index contributed by atoms with van der Waals surface area (Å²) < 4.78 is 0. The number of anilines is 1. The summed E-state index contributed by atoms with van der Waals surface area (Å²) in [5.41, 5.74) is 4.47. The molecule has 5 heteroatoms. The third kappa shape index (κ3) is 2.94. The number of benzene rings is 2. The molecule has 0 bridgehead atoms. The van der Waals surface area contributed by atoms with Crippen molar-refractivity contribution in [3.63, 3.8) is 0 Å². The molecule has 22 heavy (non-hydrogen) atoms. The van der Waals surface area contributed by atoms with Gasteiger partial charge in [-0.15, -0.1) is 0 Å². The van der Waals surface area contributed by atoms with Gasteiger partial charge >= 0.3 is 0 Å². The van der Waals surface area contributed by atoms with Gasteiger partial charge in [-0.1, -0.05) is 24.3 Å². The van der Waals surface area contributed by atoms with Crippen LogP contribution < -0.4 is 10.6 Å². The maximum Gasteiger partial charge on any atom is 0.272 e. The number of fused-ring (bicyclic) bond motifs is 1. The molecule has 1 atom stereocenters. The van der Waals surface area contributed by atoms with Crippen molar-refractivity contribution >= 4 is 11.4 Å². The molecule has 1 aliphatic heterocycles. The Morgan fingerprint density at radius 3 is 2.91 bits per heavy atom. The van der Waals surface area contributed by atoms with Crippen LogP contribution in [0.4, 0.5) is 11.4 Å². The zero-order chi connectivity index (χ0) is 15.5. The number of nitrogens with one attached hydrogen (secondary N) is 2. The topological polar surface area (TPSA) is 67.2 Å². The van der Waals surface area contributed by atoms with Crippen LogP contribution in [0.2, 0.25) is 0 Å². The Morgan fingerprint density at radius 1 is 1.32 bits per heavy atom. The number of nitrogens with zero attached hydrogens (tertiary/aromatic N) is 1. The van der Waals surface area contributed by atoms with Crippen LogP contribution >= 0.6 is 0 Å². The maximum absolute atomic E-state index is 10.9. The minimum absolute atomic E-state index is 0.159. The predicted molar refractivity (Wildman–Crippen MR) is 87.2 cm³/mol.